The van der Waals surface area contributed by atoms with Gasteiger partial charge in [0.25, 0.3) is 0 Å². The maximum absolute atomic E-state index is 13.1. The molecule has 0 bridgehead atoms. The zero-order valence-electron chi connectivity index (χ0n) is 12.5. The van der Waals surface area contributed by atoms with E-state index in [2.05, 4.69) is 4.98 Å². The summed E-state index contributed by atoms with van der Waals surface area (Å²) in [7, 11) is 0. The number of para-hydroxylation sites is 1. The number of aryl methyl sites for hydroxylation is 1. The summed E-state index contributed by atoms with van der Waals surface area (Å²) in [5, 5.41) is 1.08. The highest BCUT2D eigenvalue weighted by Crippen LogP contribution is 2.46. The molecule has 1 N–H and O–H groups in total. The molecule has 1 aromatic heterocycles. The molecule has 5 rings (SSSR count). The van der Waals surface area contributed by atoms with E-state index >= 15 is 0 Å². The number of H-pyrrole nitrogens is 1. The Morgan fingerprint density at radius 1 is 0.870 bits per heavy atom. The molecule has 2 aliphatic carbocycles. The van der Waals surface area contributed by atoms with Gasteiger partial charge < -0.3 is 4.98 Å². The van der Waals surface area contributed by atoms with Gasteiger partial charge in [-0.3, -0.25) is 9.59 Å². The lowest BCUT2D eigenvalue weighted by atomic mass is 9.66. The molecule has 2 atom stereocenters. The van der Waals surface area contributed by atoms with Crippen molar-refractivity contribution in [2.75, 3.05) is 0 Å². The molecule has 0 amide bonds. The van der Waals surface area contributed by atoms with Crippen molar-refractivity contribution in [1.29, 1.82) is 0 Å². The fraction of sp³-hybridized carbons (Fsp3) is 0.200. The topological polar surface area (TPSA) is 49.9 Å². The molecule has 3 heteroatoms. The minimum absolute atomic E-state index is 0.0934. The Hall–Kier alpha value is -2.68. The lowest BCUT2D eigenvalue weighted by molar-refractivity contribution is 0.0775. The molecule has 23 heavy (non-hydrogen) atoms. The minimum Gasteiger partial charge on any atom is -0.358 e. The van der Waals surface area contributed by atoms with E-state index in [1.54, 1.807) is 12.1 Å². The van der Waals surface area contributed by atoms with Crippen molar-refractivity contribution in [3.8, 4) is 0 Å². The van der Waals surface area contributed by atoms with Crippen LogP contribution in [0.1, 0.15) is 44.3 Å². The van der Waals surface area contributed by atoms with Crippen LogP contribution in [-0.4, -0.2) is 16.6 Å². The van der Waals surface area contributed by atoms with Gasteiger partial charge in [-0.1, -0.05) is 42.5 Å². The van der Waals surface area contributed by atoms with E-state index in [1.165, 1.54) is 0 Å². The first-order chi connectivity index (χ1) is 11.3. The van der Waals surface area contributed by atoms with Crippen molar-refractivity contribution in [2.24, 2.45) is 5.92 Å². The third kappa shape index (κ3) is 1.59. The maximum Gasteiger partial charge on any atom is 0.171 e. The van der Waals surface area contributed by atoms with Gasteiger partial charge in [-0.25, -0.2) is 0 Å². The molecular formula is C20H15NO2. The average Bonchev–Trinajstić information content (AvgIpc) is 2.98. The van der Waals surface area contributed by atoms with Crippen molar-refractivity contribution in [3.63, 3.8) is 0 Å². The van der Waals surface area contributed by atoms with E-state index in [0.717, 1.165) is 35.0 Å². The van der Waals surface area contributed by atoms with Gasteiger partial charge in [-0.2, -0.15) is 0 Å². The van der Waals surface area contributed by atoms with Crippen LogP contribution in [0, 0.1) is 5.92 Å². The lowest BCUT2D eigenvalue weighted by Crippen LogP contribution is -2.37. The van der Waals surface area contributed by atoms with Crippen LogP contribution < -0.4 is 0 Å². The molecule has 0 saturated carbocycles. The number of hydrogen-bond acceptors (Lipinski definition) is 2. The van der Waals surface area contributed by atoms with Crippen molar-refractivity contribution < 1.29 is 9.59 Å². The Morgan fingerprint density at radius 2 is 1.57 bits per heavy atom. The third-order valence-corrected chi connectivity index (χ3v) is 5.32. The number of fused-ring (bicyclic) bond motifs is 6. The number of ketones is 2. The van der Waals surface area contributed by atoms with E-state index in [1.807, 2.05) is 36.4 Å². The number of carbonyl (C=O) groups is 2. The molecule has 112 valence electrons. The van der Waals surface area contributed by atoms with Crippen LogP contribution in [0.15, 0.2) is 48.5 Å². The minimum atomic E-state index is -0.336. The molecule has 1 heterocycles. The summed E-state index contributed by atoms with van der Waals surface area (Å²) in [6.45, 7) is 0. The van der Waals surface area contributed by atoms with Crippen molar-refractivity contribution in [2.45, 2.75) is 18.8 Å². The van der Waals surface area contributed by atoms with Crippen molar-refractivity contribution in [3.05, 3.63) is 70.9 Å². The zero-order valence-corrected chi connectivity index (χ0v) is 12.5. The predicted molar refractivity (Wildman–Crippen MR) is 88.0 cm³/mol. The van der Waals surface area contributed by atoms with Gasteiger partial charge in [-0.15, -0.1) is 0 Å². The first-order valence-corrected chi connectivity index (χ1v) is 8.02. The Morgan fingerprint density at radius 3 is 2.39 bits per heavy atom. The number of aromatic nitrogens is 1. The molecule has 3 aromatic rings. The normalized spacial score (nSPS) is 22.6. The van der Waals surface area contributed by atoms with Crippen LogP contribution >= 0.6 is 0 Å². The Balaban J connectivity index is 1.80. The number of benzene rings is 2. The molecule has 0 spiro atoms. The standard InChI is InChI=1S/C20H15NO2/c22-19-11-5-1-2-6-12(11)20(23)18-14(19)9-10-16-17(18)13-7-3-4-8-15(13)21-16/h1-8,14,18,21H,9-10H2/t14-,18-/m0/s1. The zero-order chi connectivity index (χ0) is 15.6. The van der Waals surface area contributed by atoms with Crippen LogP contribution in [0.5, 0.6) is 0 Å². The number of nitrogens with one attached hydrogen (secondary N) is 1. The van der Waals surface area contributed by atoms with Gasteiger partial charge in [0, 0.05) is 33.6 Å². The summed E-state index contributed by atoms with van der Waals surface area (Å²) in [6.07, 6.45) is 1.57. The number of rotatable bonds is 0. The summed E-state index contributed by atoms with van der Waals surface area (Å²) < 4.78 is 0. The summed E-state index contributed by atoms with van der Waals surface area (Å²) in [5.74, 6) is -0.335. The highest BCUT2D eigenvalue weighted by atomic mass is 16.1. The molecule has 0 unspecified atom stereocenters. The van der Waals surface area contributed by atoms with E-state index in [-0.39, 0.29) is 23.4 Å². The Bertz CT molecular complexity index is 982. The summed E-state index contributed by atoms with van der Waals surface area (Å²) >= 11 is 0. The predicted octanol–water partition coefficient (Wildman–Crippen LogP) is 3.89. The fourth-order valence-corrected chi connectivity index (χ4v) is 4.32. The summed E-state index contributed by atoms with van der Waals surface area (Å²) in [6, 6.07) is 15.3. The molecule has 2 aromatic carbocycles. The molecular weight excluding hydrogens is 286 g/mol. The van der Waals surface area contributed by atoms with Gasteiger partial charge >= 0.3 is 0 Å². The average molecular weight is 301 g/mol. The quantitative estimate of drug-likeness (QED) is 0.684. The number of Topliss-reactive ketones (excluding diaryl/α,β-unsaturated/α-hetero) is 2. The maximum atomic E-state index is 13.1. The Kier molecular flexibility index (Phi) is 2.46. The van der Waals surface area contributed by atoms with E-state index < -0.39 is 0 Å². The monoisotopic (exact) mass is 301 g/mol. The molecule has 0 aliphatic heterocycles. The second-order valence-corrected chi connectivity index (χ2v) is 6.46. The van der Waals surface area contributed by atoms with Crippen LogP contribution in [-0.2, 0) is 6.42 Å². The number of aromatic amines is 1. The highest BCUT2D eigenvalue weighted by Gasteiger charge is 2.45. The molecule has 0 saturated heterocycles. The van der Waals surface area contributed by atoms with Gasteiger partial charge in [-0.05, 0) is 24.5 Å². The van der Waals surface area contributed by atoms with E-state index in [0.29, 0.717) is 11.1 Å². The van der Waals surface area contributed by atoms with Gasteiger partial charge in [0.05, 0.1) is 5.92 Å². The molecule has 0 fully saturated rings. The van der Waals surface area contributed by atoms with Crippen LogP contribution in [0.25, 0.3) is 10.9 Å². The first-order valence-electron chi connectivity index (χ1n) is 8.02. The molecule has 0 radical (unpaired) electrons. The highest BCUT2D eigenvalue weighted by molar-refractivity contribution is 6.19. The van der Waals surface area contributed by atoms with Crippen LogP contribution in [0.3, 0.4) is 0 Å². The van der Waals surface area contributed by atoms with Crippen molar-refractivity contribution >= 4 is 22.5 Å². The number of hydrogen-bond donors (Lipinski definition) is 1. The second-order valence-electron chi connectivity index (χ2n) is 6.46. The smallest absolute Gasteiger partial charge is 0.171 e. The largest absolute Gasteiger partial charge is 0.358 e. The second kappa shape index (κ2) is 4.42. The lowest BCUT2D eigenvalue weighted by Gasteiger charge is -2.34. The molecule has 3 nitrogen and oxygen atoms in total. The third-order valence-electron chi connectivity index (χ3n) is 5.32. The SMILES string of the molecule is O=C1c2ccccc2C(=O)[C@@H]2c3c([nH]c4ccccc34)CC[C@H]12. The first kappa shape index (κ1) is 12.8. The van der Waals surface area contributed by atoms with Gasteiger partial charge in [0.1, 0.15) is 0 Å². The molecule has 2 aliphatic rings. The summed E-state index contributed by atoms with van der Waals surface area (Å²) in [5.41, 5.74) is 4.40. The summed E-state index contributed by atoms with van der Waals surface area (Å²) in [4.78, 5) is 29.5. The van der Waals surface area contributed by atoms with E-state index in [9.17, 15) is 9.59 Å². The van der Waals surface area contributed by atoms with Crippen molar-refractivity contribution in [1.82, 2.24) is 4.98 Å². The van der Waals surface area contributed by atoms with Gasteiger partial charge in [0.2, 0.25) is 0 Å². The fourth-order valence-electron chi connectivity index (χ4n) is 4.32. The number of carbonyl (C=O) groups excluding carboxylic acids is 2. The van der Waals surface area contributed by atoms with Crippen LogP contribution in [0.2, 0.25) is 0 Å². The van der Waals surface area contributed by atoms with Gasteiger partial charge in [0.15, 0.2) is 11.6 Å². The van der Waals surface area contributed by atoms with Crippen LogP contribution in [0.4, 0.5) is 0 Å². The van der Waals surface area contributed by atoms with E-state index in [4.69, 9.17) is 0 Å². The Labute approximate surface area is 133 Å².